The molecule has 4 N–H and O–H groups in total. The van der Waals surface area contributed by atoms with Gasteiger partial charge >= 0.3 is 12.2 Å². The van der Waals surface area contributed by atoms with Crippen LogP contribution in [0.5, 0.6) is 0 Å². The maximum absolute atomic E-state index is 13.7. The number of alkyl carbamates (subject to hydrolysis) is 2. The second kappa shape index (κ2) is 17.4. The molecule has 2 aliphatic heterocycles. The summed E-state index contributed by atoms with van der Waals surface area (Å²) in [5.41, 5.74) is 6.81. The number of carbonyl (C=O) groups excluding carboxylic acids is 4. The van der Waals surface area contributed by atoms with Gasteiger partial charge in [-0.1, -0.05) is 83.1 Å². The SMILES string of the molecule is CCc1[nH]c(C2CCCN2C(=O)C(NC(=O)OC)C(C)C)nc1-c1ccc(-c2ccc(-c3cnc(C4CCCN4C(=O)C(NC(=O)OC)C(C)C)[nH]3)cc2)cc1. The summed E-state index contributed by atoms with van der Waals surface area (Å²) < 4.78 is 9.54. The third-order valence-electron chi connectivity index (χ3n) is 10.9. The fourth-order valence-corrected chi connectivity index (χ4v) is 7.78. The largest absolute Gasteiger partial charge is 0.453 e. The molecule has 4 atom stereocenters. The molecule has 2 saturated heterocycles. The highest BCUT2D eigenvalue weighted by molar-refractivity contribution is 5.87. The van der Waals surface area contributed by atoms with E-state index in [0.29, 0.717) is 13.1 Å². The van der Waals surface area contributed by atoms with E-state index in [1.54, 1.807) is 6.20 Å². The topological polar surface area (TPSA) is 175 Å². The van der Waals surface area contributed by atoms with E-state index in [0.717, 1.165) is 83.1 Å². The Morgan fingerprint density at radius 3 is 1.64 bits per heavy atom. The number of carbonyl (C=O) groups is 4. The molecule has 0 saturated carbocycles. The first-order chi connectivity index (χ1) is 26.9. The standard InChI is InChI=1S/C42H54N8O6/c1-8-30-36(46-38(44-30)33-12-10-22-50(33)40(52)35(25(4)5)48-42(54)56-7)29-19-15-27(16-20-29)26-13-17-28(18-14-26)31-23-43-37(45-31)32-11-9-21-49(32)39(51)34(24(2)3)47-41(53)55-6/h13-20,23-25,32-35H,8-12,21-22H2,1-7H3,(H,43,45)(H,44,46)(H,47,53)(H,48,54). The first-order valence-corrected chi connectivity index (χ1v) is 19.6. The van der Waals surface area contributed by atoms with Crippen LogP contribution in [0.2, 0.25) is 0 Å². The Hall–Kier alpha value is -5.66. The predicted octanol–water partition coefficient (Wildman–Crippen LogP) is 6.78. The third kappa shape index (κ3) is 8.43. The molecule has 0 spiro atoms. The molecule has 2 aromatic carbocycles. The minimum Gasteiger partial charge on any atom is -0.453 e. The van der Waals surface area contributed by atoms with Gasteiger partial charge in [0.05, 0.1) is 43.9 Å². The van der Waals surface area contributed by atoms with Gasteiger partial charge in [0.2, 0.25) is 11.8 Å². The zero-order valence-corrected chi connectivity index (χ0v) is 33.3. The number of rotatable bonds is 12. The van der Waals surface area contributed by atoms with E-state index in [9.17, 15) is 19.2 Å². The van der Waals surface area contributed by atoms with Gasteiger partial charge in [-0.15, -0.1) is 0 Å². The van der Waals surface area contributed by atoms with Crippen molar-refractivity contribution >= 4 is 24.0 Å². The number of hydrogen-bond donors (Lipinski definition) is 4. The van der Waals surface area contributed by atoms with Crippen molar-refractivity contribution in [2.45, 2.75) is 90.9 Å². The van der Waals surface area contributed by atoms with Crippen LogP contribution in [0.3, 0.4) is 0 Å². The Morgan fingerprint density at radius 1 is 0.714 bits per heavy atom. The van der Waals surface area contributed by atoms with Crippen molar-refractivity contribution in [3.8, 4) is 33.6 Å². The van der Waals surface area contributed by atoms with Crippen LogP contribution < -0.4 is 10.6 Å². The smallest absolute Gasteiger partial charge is 0.407 e. The highest BCUT2D eigenvalue weighted by atomic mass is 16.5. The molecule has 6 rings (SSSR count). The third-order valence-corrected chi connectivity index (χ3v) is 10.9. The number of aromatic nitrogens is 4. The Labute approximate surface area is 328 Å². The average Bonchev–Trinajstić information content (AvgIpc) is 4.04. The summed E-state index contributed by atoms with van der Waals surface area (Å²) in [6.07, 6.45) is 4.57. The van der Waals surface area contributed by atoms with Crippen LogP contribution in [0, 0.1) is 11.8 Å². The molecular formula is C42H54N8O6. The van der Waals surface area contributed by atoms with Gasteiger partial charge in [0.25, 0.3) is 0 Å². The number of aromatic amines is 2. The van der Waals surface area contributed by atoms with Crippen molar-refractivity contribution in [3.63, 3.8) is 0 Å². The molecule has 4 aromatic rings. The summed E-state index contributed by atoms with van der Waals surface area (Å²) in [4.78, 5) is 71.5. The molecule has 0 bridgehead atoms. The molecule has 4 heterocycles. The van der Waals surface area contributed by atoms with Crippen LogP contribution in [0.15, 0.2) is 54.7 Å². The van der Waals surface area contributed by atoms with E-state index < -0.39 is 24.3 Å². The number of ether oxygens (including phenoxy) is 2. The molecule has 14 heteroatoms. The molecule has 298 valence electrons. The number of nitrogens with one attached hydrogen (secondary N) is 4. The fraction of sp³-hybridized carbons (Fsp3) is 0.476. The van der Waals surface area contributed by atoms with Crippen LogP contribution >= 0.6 is 0 Å². The Bertz CT molecular complexity index is 2000. The van der Waals surface area contributed by atoms with Crippen LogP contribution in [0.25, 0.3) is 33.6 Å². The lowest BCUT2D eigenvalue weighted by Crippen LogP contribution is -2.51. The maximum Gasteiger partial charge on any atom is 0.407 e. The van der Waals surface area contributed by atoms with Gasteiger partial charge in [-0.25, -0.2) is 19.6 Å². The summed E-state index contributed by atoms with van der Waals surface area (Å²) in [7, 11) is 2.58. The van der Waals surface area contributed by atoms with Crippen molar-refractivity contribution in [3.05, 3.63) is 72.1 Å². The van der Waals surface area contributed by atoms with Crippen LogP contribution in [0.4, 0.5) is 9.59 Å². The first kappa shape index (κ1) is 40.0. The van der Waals surface area contributed by atoms with Crippen LogP contribution in [0.1, 0.15) is 89.7 Å². The number of amides is 4. The lowest BCUT2D eigenvalue weighted by molar-refractivity contribution is -0.136. The number of likely N-dealkylation sites (tertiary alicyclic amines) is 2. The number of nitrogens with zero attached hydrogens (tertiary/aromatic N) is 4. The molecule has 4 amide bonds. The zero-order chi connectivity index (χ0) is 40.1. The van der Waals surface area contributed by atoms with Crippen molar-refractivity contribution in [2.75, 3.05) is 27.3 Å². The monoisotopic (exact) mass is 766 g/mol. The number of aryl methyl sites for hydroxylation is 1. The zero-order valence-electron chi connectivity index (χ0n) is 33.3. The molecule has 2 aliphatic rings. The number of methoxy groups -OCH3 is 2. The van der Waals surface area contributed by atoms with Crippen molar-refractivity contribution in [1.82, 2.24) is 40.4 Å². The van der Waals surface area contributed by atoms with Gasteiger partial charge < -0.3 is 39.9 Å². The van der Waals surface area contributed by atoms with E-state index in [1.807, 2.05) is 37.5 Å². The van der Waals surface area contributed by atoms with Crippen LogP contribution in [-0.2, 0) is 25.5 Å². The number of hydrogen-bond acceptors (Lipinski definition) is 8. The summed E-state index contributed by atoms with van der Waals surface area (Å²) in [6, 6.07) is 14.8. The van der Waals surface area contributed by atoms with Crippen molar-refractivity contribution < 1.29 is 28.7 Å². The van der Waals surface area contributed by atoms with Gasteiger partial charge in [-0.2, -0.15) is 0 Å². The van der Waals surface area contributed by atoms with Gasteiger partial charge in [-0.3, -0.25) is 9.59 Å². The van der Waals surface area contributed by atoms with Gasteiger partial charge in [-0.05, 0) is 60.6 Å². The van der Waals surface area contributed by atoms with Gasteiger partial charge in [0.15, 0.2) is 0 Å². The lowest BCUT2D eigenvalue weighted by Gasteiger charge is -2.30. The highest BCUT2D eigenvalue weighted by Crippen LogP contribution is 2.36. The molecule has 56 heavy (non-hydrogen) atoms. The second-order valence-electron chi connectivity index (χ2n) is 15.2. The lowest BCUT2D eigenvalue weighted by atomic mass is 10.0. The van der Waals surface area contributed by atoms with Crippen molar-refractivity contribution in [1.29, 1.82) is 0 Å². The summed E-state index contributed by atoms with van der Waals surface area (Å²) >= 11 is 0. The molecular weight excluding hydrogens is 713 g/mol. The number of imidazole rings is 2. The number of benzene rings is 2. The maximum atomic E-state index is 13.7. The normalized spacial score (nSPS) is 17.9. The van der Waals surface area contributed by atoms with E-state index >= 15 is 0 Å². The average molecular weight is 767 g/mol. The van der Waals surface area contributed by atoms with E-state index in [2.05, 4.69) is 81.0 Å². The Balaban J connectivity index is 1.14. The Morgan fingerprint density at radius 2 is 1.18 bits per heavy atom. The van der Waals surface area contributed by atoms with Crippen molar-refractivity contribution in [2.24, 2.45) is 11.8 Å². The minimum atomic E-state index is -0.691. The number of H-pyrrole nitrogens is 2. The molecule has 0 radical (unpaired) electrons. The molecule has 0 aliphatic carbocycles. The highest BCUT2D eigenvalue weighted by Gasteiger charge is 2.39. The van der Waals surface area contributed by atoms with Gasteiger partial charge in [0, 0.05) is 24.3 Å². The fourth-order valence-electron chi connectivity index (χ4n) is 7.78. The predicted molar refractivity (Wildman–Crippen MR) is 212 cm³/mol. The molecule has 2 aromatic heterocycles. The molecule has 4 unspecified atom stereocenters. The summed E-state index contributed by atoms with van der Waals surface area (Å²) in [5.74, 6) is 0.994. The summed E-state index contributed by atoms with van der Waals surface area (Å²) in [6.45, 7) is 10.9. The molecule has 14 nitrogen and oxygen atoms in total. The minimum absolute atomic E-state index is 0.105. The quantitative estimate of drug-likeness (QED) is 0.122. The van der Waals surface area contributed by atoms with E-state index in [4.69, 9.17) is 14.5 Å². The summed E-state index contributed by atoms with van der Waals surface area (Å²) in [5, 5.41) is 5.41. The van der Waals surface area contributed by atoms with Gasteiger partial charge in [0.1, 0.15) is 23.7 Å². The molecule has 2 fully saturated rings. The first-order valence-electron chi connectivity index (χ1n) is 19.6. The second-order valence-corrected chi connectivity index (χ2v) is 15.2. The van der Waals surface area contributed by atoms with Crippen LogP contribution in [-0.4, -0.2) is 93.1 Å². The Kier molecular flexibility index (Phi) is 12.5. The van der Waals surface area contributed by atoms with E-state index in [1.165, 1.54) is 14.2 Å². The van der Waals surface area contributed by atoms with E-state index in [-0.39, 0.29) is 35.7 Å².